The SMILES string of the molecule is CN(Cc1ccc(F)cc1)C(=O)NCCc1cccs1. The van der Waals surface area contributed by atoms with E-state index in [1.54, 1.807) is 35.4 Å². The van der Waals surface area contributed by atoms with Crippen molar-refractivity contribution in [1.29, 1.82) is 0 Å². The van der Waals surface area contributed by atoms with Crippen molar-refractivity contribution in [2.45, 2.75) is 13.0 Å². The molecule has 0 saturated heterocycles. The molecule has 0 bridgehead atoms. The lowest BCUT2D eigenvalue weighted by molar-refractivity contribution is 0.207. The highest BCUT2D eigenvalue weighted by atomic mass is 32.1. The molecule has 0 unspecified atom stereocenters. The predicted molar refractivity (Wildman–Crippen MR) is 79.3 cm³/mol. The van der Waals surface area contributed by atoms with Gasteiger partial charge in [-0.25, -0.2) is 9.18 Å². The number of carbonyl (C=O) groups excluding carboxylic acids is 1. The number of benzene rings is 1. The van der Waals surface area contributed by atoms with Gasteiger partial charge in [-0.2, -0.15) is 0 Å². The number of carbonyl (C=O) groups is 1. The van der Waals surface area contributed by atoms with Crippen LogP contribution >= 0.6 is 11.3 Å². The highest BCUT2D eigenvalue weighted by Crippen LogP contribution is 2.08. The Morgan fingerprint density at radius 3 is 2.70 bits per heavy atom. The van der Waals surface area contributed by atoms with Crippen molar-refractivity contribution < 1.29 is 9.18 Å². The van der Waals surface area contributed by atoms with E-state index in [1.165, 1.54) is 17.0 Å². The molecule has 1 aromatic heterocycles. The third-order valence-corrected chi connectivity index (χ3v) is 3.84. The van der Waals surface area contributed by atoms with Crippen LogP contribution in [0.3, 0.4) is 0 Å². The Labute approximate surface area is 122 Å². The molecule has 2 amide bonds. The van der Waals surface area contributed by atoms with E-state index in [-0.39, 0.29) is 11.8 Å². The standard InChI is InChI=1S/C15H17FN2OS/c1-18(11-12-4-6-13(16)7-5-12)15(19)17-9-8-14-3-2-10-20-14/h2-7,10H,8-9,11H2,1H3,(H,17,19). The molecule has 0 aliphatic rings. The van der Waals surface area contributed by atoms with Crippen molar-refractivity contribution in [2.24, 2.45) is 0 Å². The lowest BCUT2D eigenvalue weighted by Crippen LogP contribution is -2.37. The first-order chi connectivity index (χ1) is 9.65. The molecule has 3 nitrogen and oxygen atoms in total. The number of nitrogens with one attached hydrogen (secondary N) is 1. The molecular formula is C15H17FN2OS. The van der Waals surface area contributed by atoms with Gasteiger partial charge in [-0.05, 0) is 35.6 Å². The van der Waals surface area contributed by atoms with Crippen LogP contribution in [0.15, 0.2) is 41.8 Å². The zero-order valence-electron chi connectivity index (χ0n) is 11.3. The molecule has 0 aliphatic carbocycles. The van der Waals surface area contributed by atoms with E-state index in [9.17, 15) is 9.18 Å². The minimum Gasteiger partial charge on any atom is -0.338 e. The molecular weight excluding hydrogens is 275 g/mol. The Morgan fingerprint density at radius 1 is 1.30 bits per heavy atom. The third kappa shape index (κ3) is 4.35. The maximum atomic E-state index is 12.8. The first-order valence-corrected chi connectivity index (χ1v) is 7.29. The minimum atomic E-state index is -0.267. The van der Waals surface area contributed by atoms with Crippen LogP contribution in [0.4, 0.5) is 9.18 Å². The van der Waals surface area contributed by atoms with Gasteiger partial charge in [-0.15, -0.1) is 11.3 Å². The summed E-state index contributed by atoms with van der Waals surface area (Å²) in [6.07, 6.45) is 0.841. The van der Waals surface area contributed by atoms with Crippen molar-refractivity contribution >= 4 is 17.4 Å². The van der Waals surface area contributed by atoms with Gasteiger partial charge in [0.1, 0.15) is 5.82 Å². The smallest absolute Gasteiger partial charge is 0.317 e. The molecule has 1 heterocycles. The Bertz CT molecular complexity index is 540. The molecule has 0 atom stereocenters. The Morgan fingerprint density at radius 2 is 2.05 bits per heavy atom. The van der Waals surface area contributed by atoms with Crippen LogP contribution in [0.1, 0.15) is 10.4 Å². The largest absolute Gasteiger partial charge is 0.338 e. The second-order valence-electron chi connectivity index (χ2n) is 4.54. The lowest BCUT2D eigenvalue weighted by atomic mass is 10.2. The van der Waals surface area contributed by atoms with Gasteiger partial charge in [0, 0.05) is 25.0 Å². The second-order valence-corrected chi connectivity index (χ2v) is 5.58. The Kier molecular flexibility index (Phi) is 5.12. The summed E-state index contributed by atoms with van der Waals surface area (Å²) in [4.78, 5) is 14.7. The molecule has 106 valence electrons. The van der Waals surface area contributed by atoms with Gasteiger partial charge in [0.25, 0.3) is 0 Å². The molecule has 0 aliphatic heterocycles. The molecule has 0 spiro atoms. The second kappa shape index (κ2) is 7.05. The van der Waals surface area contributed by atoms with Crippen molar-refractivity contribution in [3.8, 4) is 0 Å². The normalized spacial score (nSPS) is 10.3. The van der Waals surface area contributed by atoms with Crippen molar-refractivity contribution in [3.63, 3.8) is 0 Å². The van der Waals surface area contributed by atoms with Gasteiger partial charge in [0.2, 0.25) is 0 Å². The molecule has 0 saturated carbocycles. The third-order valence-electron chi connectivity index (χ3n) is 2.91. The highest BCUT2D eigenvalue weighted by Gasteiger charge is 2.08. The monoisotopic (exact) mass is 292 g/mol. The molecule has 20 heavy (non-hydrogen) atoms. The number of hydrogen-bond donors (Lipinski definition) is 1. The molecule has 2 rings (SSSR count). The molecule has 1 N–H and O–H groups in total. The molecule has 5 heteroatoms. The molecule has 0 fully saturated rings. The van der Waals surface area contributed by atoms with Gasteiger partial charge < -0.3 is 10.2 Å². The molecule has 1 aromatic carbocycles. The number of halogens is 1. The van der Waals surface area contributed by atoms with Crippen molar-refractivity contribution in [3.05, 3.63) is 58.0 Å². The summed E-state index contributed by atoms with van der Waals surface area (Å²) >= 11 is 1.69. The van der Waals surface area contributed by atoms with Crippen LogP contribution in [0, 0.1) is 5.82 Å². The van der Waals surface area contributed by atoms with E-state index in [2.05, 4.69) is 11.4 Å². The fraction of sp³-hybridized carbons (Fsp3) is 0.267. The van der Waals surface area contributed by atoms with Crippen LogP contribution in [-0.4, -0.2) is 24.5 Å². The zero-order chi connectivity index (χ0) is 14.4. The zero-order valence-corrected chi connectivity index (χ0v) is 12.1. The van der Waals surface area contributed by atoms with Gasteiger partial charge >= 0.3 is 6.03 Å². The number of hydrogen-bond acceptors (Lipinski definition) is 2. The van der Waals surface area contributed by atoms with E-state index in [1.807, 2.05) is 11.4 Å². The summed E-state index contributed by atoms with van der Waals surface area (Å²) in [5.74, 6) is -0.267. The summed E-state index contributed by atoms with van der Waals surface area (Å²) in [7, 11) is 1.73. The predicted octanol–water partition coefficient (Wildman–Crippen LogP) is 3.27. The van der Waals surface area contributed by atoms with E-state index >= 15 is 0 Å². The van der Waals surface area contributed by atoms with E-state index in [0.29, 0.717) is 13.1 Å². The van der Waals surface area contributed by atoms with E-state index in [4.69, 9.17) is 0 Å². The van der Waals surface area contributed by atoms with Crippen LogP contribution in [0.25, 0.3) is 0 Å². The van der Waals surface area contributed by atoms with Gasteiger partial charge in [0.15, 0.2) is 0 Å². The quantitative estimate of drug-likeness (QED) is 0.901. The van der Waals surface area contributed by atoms with Crippen molar-refractivity contribution in [1.82, 2.24) is 10.2 Å². The first-order valence-electron chi connectivity index (χ1n) is 6.41. The van der Waals surface area contributed by atoms with E-state index < -0.39 is 0 Å². The molecule has 2 aromatic rings. The average molecular weight is 292 g/mol. The van der Waals surface area contributed by atoms with Crippen LogP contribution < -0.4 is 5.32 Å². The van der Waals surface area contributed by atoms with E-state index in [0.717, 1.165) is 12.0 Å². The number of amides is 2. The lowest BCUT2D eigenvalue weighted by Gasteiger charge is -2.18. The fourth-order valence-corrected chi connectivity index (χ4v) is 2.53. The topological polar surface area (TPSA) is 32.3 Å². The fourth-order valence-electron chi connectivity index (χ4n) is 1.82. The summed E-state index contributed by atoms with van der Waals surface area (Å²) in [6, 6.07) is 10.1. The minimum absolute atomic E-state index is 0.120. The van der Waals surface area contributed by atoms with Gasteiger partial charge in [0.05, 0.1) is 0 Å². The molecule has 0 radical (unpaired) electrons. The summed E-state index contributed by atoms with van der Waals surface area (Å²) in [5, 5.41) is 4.90. The summed E-state index contributed by atoms with van der Waals surface area (Å²) < 4.78 is 12.8. The number of rotatable bonds is 5. The number of nitrogens with zero attached hydrogens (tertiary/aromatic N) is 1. The van der Waals surface area contributed by atoms with Gasteiger partial charge in [-0.1, -0.05) is 18.2 Å². The number of urea groups is 1. The maximum absolute atomic E-state index is 12.8. The Hall–Kier alpha value is -1.88. The summed E-state index contributed by atoms with van der Waals surface area (Å²) in [5.41, 5.74) is 0.905. The van der Waals surface area contributed by atoms with Gasteiger partial charge in [-0.3, -0.25) is 0 Å². The highest BCUT2D eigenvalue weighted by molar-refractivity contribution is 7.09. The first kappa shape index (κ1) is 14.5. The van der Waals surface area contributed by atoms with Crippen molar-refractivity contribution in [2.75, 3.05) is 13.6 Å². The van der Waals surface area contributed by atoms with Crippen LogP contribution in [-0.2, 0) is 13.0 Å². The van der Waals surface area contributed by atoms with Crippen LogP contribution in [0.2, 0.25) is 0 Å². The Balaban J connectivity index is 1.75. The number of thiophene rings is 1. The average Bonchev–Trinajstić information content (AvgIpc) is 2.94. The van der Waals surface area contributed by atoms with Crippen LogP contribution in [0.5, 0.6) is 0 Å². The summed E-state index contributed by atoms with van der Waals surface area (Å²) in [6.45, 7) is 1.08. The maximum Gasteiger partial charge on any atom is 0.317 e.